The van der Waals surface area contributed by atoms with Crippen molar-refractivity contribution < 1.29 is 4.74 Å². The molecule has 0 atom stereocenters. The van der Waals surface area contributed by atoms with Gasteiger partial charge in [0.1, 0.15) is 6.61 Å². The first-order chi connectivity index (χ1) is 11.4. The van der Waals surface area contributed by atoms with Crippen molar-refractivity contribution in [3.8, 4) is 5.88 Å². The first-order valence-electron chi connectivity index (χ1n) is 8.01. The predicted octanol–water partition coefficient (Wildman–Crippen LogP) is 4.96. The average Bonchev–Trinajstić information content (AvgIpc) is 2.54. The fraction of sp³-hybridized carbons (Fsp3) is 0.368. The molecular formula is C19H24BrN3O. The van der Waals surface area contributed by atoms with E-state index in [2.05, 4.69) is 64.9 Å². The highest BCUT2D eigenvalue weighted by molar-refractivity contribution is 9.10. The summed E-state index contributed by atoms with van der Waals surface area (Å²) in [5, 5.41) is 0. The van der Waals surface area contributed by atoms with Gasteiger partial charge >= 0.3 is 0 Å². The van der Waals surface area contributed by atoms with Gasteiger partial charge in [-0.15, -0.1) is 0 Å². The first kappa shape index (κ1) is 18.5. The highest BCUT2D eigenvalue weighted by Crippen LogP contribution is 2.30. The fourth-order valence-electron chi connectivity index (χ4n) is 2.18. The molecule has 2 aromatic rings. The average molecular weight is 390 g/mol. The van der Waals surface area contributed by atoms with Crippen molar-refractivity contribution in [1.82, 2.24) is 9.88 Å². The van der Waals surface area contributed by atoms with E-state index in [1.807, 2.05) is 31.3 Å². The zero-order valence-corrected chi connectivity index (χ0v) is 16.5. The van der Waals surface area contributed by atoms with Gasteiger partial charge in [-0.1, -0.05) is 23.8 Å². The lowest BCUT2D eigenvalue weighted by Gasteiger charge is -2.12. The summed E-state index contributed by atoms with van der Waals surface area (Å²) in [5.41, 5.74) is 5.33. The number of nitrogens with zero attached hydrogens (tertiary/aromatic N) is 3. The Labute approximate surface area is 152 Å². The maximum Gasteiger partial charge on any atom is 0.228 e. The molecule has 1 heterocycles. The van der Waals surface area contributed by atoms with Gasteiger partial charge in [0.15, 0.2) is 0 Å². The molecule has 0 aliphatic carbocycles. The molecule has 0 amide bonds. The predicted molar refractivity (Wildman–Crippen MR) is 103 cm³/mol. The number of hydrogen-bond acceptors (Lipinski definition) is 3. The Bertz CT molecular complexity index is 744. The Morgan fingerprint density at radius 1 is 1.25 bits per heavy atom. The second-order valence-corrected chi connectivity index (χ2v) is 6.77. The van der Waals surface area contributed by atoms with Gasteiger partial charge in [-0.05, 0) is 60.8 Å². The third-order valence-electron chi connectivity index (χ3n) is 3.86. The van der Waals surface area contributed by atoms with E-state index in [0.717, 1.165) is 22.4 Å². The molecule has 0 fully saturated rings. The van der Waals surface area contributed by atoms with Crippen LogP contribution in [0.3, 0.4) is 0 Å². The second-order valence-electron chi connectivity index (χ2n) is 5.92. The van der Waals surface area contributed by atoms with Crippen molar-refractivity contribution >= 4 is 28.0 Å². The SMILES string of the molecule is CCN(C)C=Nc1cc(Br)c(OCc2ccc(C)cc2C)nc1C. The lowest BCUT2D eigenvalue weighted by atomic mass is 10.1. The number of rotatable bonds is 6. The van der Waals surface area contributed by atoms with Crippen molar-refractivity contribution in [2.45, 2.75) is 34.3 Å². The topological polar surface area (TPSA) is 37.7 Å². The van der Waals surface area contributed by atoms with E-state index in [-0.39, 0.29) is 0 Å². The highest BCUT2D eigenvalue weighted by atomic mass is 79.9. The van der Waals surface area contributed by atoms with Gasteiger partial charge in [-0.2, -0.15) is 0 Å². The molecule has 0 unspecified atom stereocenters. The van der Waals surface area contributed by atoms with Gasteiger partial charge < -0.3 is 9.64 Å². The molecule has 0 N–H and O–H groups in total. The Morgan fingerprint density at radius 2 is 2.00 bits per heavy atom. The number of aliphatic imine (C=N–C) groups is 1. The molecule has 24 heavy (non-hydrogen) atoms. The van der Waals surface area contributed by atoms with E-state index in [1.165, 1.54) is 16.7 Å². The smallest absolute Gasteiger partial charge is 0.228 e. The Hall–Kier alpha value is -1.88. The van der Waals surface area contributed by atoms with Gasteiger partial charge in [0.25, 0.3) is 0 Å². The molecule has 1 aromatic heterocycles. The Kier molecular flexibility index (Phi) is 6.37. The molecule has 4 nitrogen and oxygen atoms in total. The zero-order valence-electron chi connectivity index (χ0n) is 14.9. The van der Waals surface area contributed by atoms with Crippen LogP contribution in [0.1, 0.15) is 29.3 Å². The number of benzene rings is 1. The van der Waals surface area contributed by atoms with Crippen LogP contribution in [-0.2, 0) is 6.61 Å². The highest BCUT2D eigenvalue weighted by Gasteiger charge is 2.09. The quantitative estimate of drug-likeness (QED) is 0.517. The van der Waals surface area contributed by atoms with Crippen LogP contribution in [-0.4, -0.2) is 29.8 Å². The molecule has 0 saturated heterocycles. The standard InChI is InChI=1S/C19H24BrN3O/c1-6-23(5)12-21-18-10-17(20)19(22-15(18)4)24-11-16-8-7-13(2)9-14(16)3/h7-10,12H,6,11H2,1-5H3. The van der Waals surface area contributed by atoms with Crippen LogP contribution >= 0.6 is 15.9 Å². The second kappa shape index (κ2) is 8.29. The first-order valence-corrected chi connectivity index (χ1v) is 8.80. The number of pyridine rings is 1. The lowest BCUT2D eigenvalue weighted by molar-refractivity contribution is 0.290. The largest absolute Gasteiger partial charge is 0.472 e. The molecular weight excluding hydrogens is 366 g/mol. The number of hydrogen-bond donors (Lipinski definition) is 0. The van der Waals surface area contributed by atoms with Gasteiger partial charge in [0.2, 0.25) is 5.88 Å². The van der Waals surface area contributed by atoms with Crippen molar-refractivity contribution in [3.63, 3.8) is 0 Å². The van der Waals surface area contributed by atoms with Crippen LogP contribution in [0.4, 0.5) is 5.69 Å². The van der Waals surface area contributed by atoms with Crippen molar-refractivity contribution in [2.75, 3.05) is 13.6 Å². The van der Waals surface area contributed by atoms with E-state index in [1.54, 1.807) is 0 Å². The van der Waals surface area contributed by atoms with Gasteiger partial charge in [-0.3, -0.25) is 0 Å². The molecule has 0 spiro atoms. The molecule has 5 heteroatoms. The summed E-state index contributed by atoms with van der Waals surface area (Å²) in [5.74, 6) is 0.593. The molecule has 0 aliphatic heterocycles. The Balaban J connectivity index is 2.14. The van der Waals surface area contributed by atoms with Gasteiger partial charge in [0.05, 0.1) is 22.2 Å². The molecule has 0 bridgehead atoms. The molecule has 1 aromatic carbocycles. The maximum atomic E-state index is 5.91. The third kappa shape index (κ3) is 4.81. The summed E-state index contributed by atoms with van der Waals surface area (Å²) in [6, 6.07) is 8.31. The van der Waals surface area contributed by atoms with E-state index >= 15 is 0 Å². The van der Waals surface area contributed by atoms with Crippen molar-refractivity contribution in [3.05, 3.63) is 51.1 Å². The van der Waals surface area contributed by atoms with E-state index in [0.29, 0.717) is 12.5 Å². The van der Waals surface area contributed by atoms with Crippen molar-refractivity contribution in [2.24, 2.45) is 4.99 Å². The molecule has 2 rings (SSSR count). The van der Waals surface area contributed by atoms with E-state index in [4.69, 9.17) is 4.74 Å². The normalized spacial score (nSPS) is 11.1. The van der Waals surface area contributed by atoms with Crippen LogP contribution in [0.2, 0.25) is 0 Å². The van der Waals surface area contributed by atoms with Gasteiger partial charge in [-0.25, -0.2) is 9.98 Å². The van der Waals surface area contributed by atoms with Crippen LogP contribution in [0.5, 0.6) is 5.88 Å². The van der Waals surface area contributed by atoms with Crippen LogP contribution in [0, 0.1) is 20.8 Å². The monoisotopic (exact) mass is 389 g/mol. The lowest BCUT2D eigenvalue weighted by Crippen LogP contribution is -2.14. The maximum absolute atomic E-state index is 5.91. The summed E-state index contributed by atoms with van der Waals surface area (Å²) in [6.45, 7) is 9.62. The summed E-state index contributed by atoms with van der Waals surface area (Å²) in [7, 11) is 1.99. The number of aryl methyl sites for hydroxylation is 3. The summed E-state index contributed by atoms with van der Waals surface area (Å²) in [4.78, 5) is 11.0. The third-order valence-corrected chi connectivity index (χ3v) is 4.43. The van der Waals surface area contributed by atoms with Gasteiger partial charge in [0, 0.05) is 13.6 Å². The van der Waals surface area contributed by atoms with Crippen molar-refractivity contribution in [1.29, 1.82) is 0 Å². The molecule has 128 valence electrons. The minimum absolute atomic E-state index is 0.498. The van der Waals surface area contributed by atoms with E-state index < -0.39 is 0 Å². The van der Waals surface area contributed by atoms with Crippen LogP contribution < -0.4 is 4.74 Å². The Morgan fingerprint density at radius 3 is 2.67 bits per heavy atom. The molecule has 0 saturated carbocycles. The summed E-state index contributed by atoms with van der Waals surface area (Å²) >= 11 is 3.53. The molecule has 0 radical (unpaired) electrons. The number of aromatic nitrogens is 1. The van der Waals surface area contributed by atoms with Crippen LogP contribution in [0.25, 0.3) is 0 Å². The molecule has 0 aliphatic rings. The number of halogens is 1. The minimum Gasteiger partial charge on any atom is -0.472 e. The minimum atomic E-state index is 0.498. The van der Waals surface area contributed by atoms with E-state index in [9.17, 15) is 0 Å². The van der Waals surface area contributed by atoms with Crippen LogP contribution in [0.15, 0.2) is 33.7 Å². The summed E-state index contributed by atoms with van der Waals surface area (Å²) < 4.78 is 6.72. The fourth-order valence-corrected chi connectivity index (χ4v) is 2.60. The number of ether oxygens (including phenoxy) is 1. The zero-order chi connectivity index (χ0) is 17.7. The summed E-state index contributed by atoms with van der Waals surface area (Å²) in [6.07, 6.45) is 1.81.